The normalized spacial score (nSPS) is 14.2. The molecule has 4 rings (SSSR count). The van der Waals surface area contributed by atoms with Crippen LogP contribution in [0, 0.1) is 6.92 Å². The van der Waals surface area contributed by atoms with Crippen molar-refractivity contribution in [2.24, 2.45) is 0 Å². The van der Waals surface area contributed by atoms with E-state index in [0.717, 1.165) is 48.5 Å². The Kier molecular flexibility index (Phi) is 5.35. The van der Waals surface area contributed by atoms with Crippen LogP contribution in [0.4, 0.5) is 11.4 Å². The summed E-state index contributed by atoms with van der Waals surface area (Å²) in [5, 5.41) is 8.12. The molecular weight excluding hydrogens is 408 g/mol. The van der Waals surface area contributed by atoms with Crippen molar-refractivity contribution >= 4 is 32.7 Å². The molecule has 0 bridgehead atoms. The highest BCUT2D eigenvalue weighted by atomic mass is 32.2. The number of anilines is 2. The summed E-state index contributed by atoms with van der Waals surface area (Å²) in [5.41, 5.74) is 2.53. The standard InChI is InChI=1S/C20H24N4O3S2/c1-4-24(5-2)15-8-9-16(13(3)12-15)23-29(25,26)18-11-10-17(28-18)20-22-21-19(27-20)14-6-7-14/h8-12,14,23H,4-7H2,1-3H3. The largest absolute Gasteiger partial charge is 0.420 e. The fourth-order valence-corrected chi connectivity index (χ4v) is 5.51. The molecule has 7 nitrogen and oxygen atoms in total. The molecule has 0 radical (unpaired) electrons. The van der Waals surface area contributed by atoms with E-state index >= 15 is 0 Å². The minimum absolute atomic E-state index is 0.214. The lowest BCUT2D eigenvalue weighted by atomic mass is 10.1. The van der Waals surface area contributed by atoms with Crippen LogP contribution in [0.1, 0.15) is 44.1 Å². The van der Waals surface area contributed by atoms with Crippen molar-refractivity contribution in [1.29, 1.82) is 0 Å². The zero-order valence-electron chi connectivity index (χ0n) is 16.7. The van der Waals surface area contributed by atoms with Gasteiger partial charge in [0.15, 0.2) is 0 Å². The van der Waals surface area contributed by atoms with Crippen LogP contribution in [0.25, 0.3) is 10.8 Å². The fourth-order valence-electron chi connectivity index (χ4n) is 3.15. The van der Waals surface area contributed by atoms with E-state index < -0.39 is 10.0 Å². The summed E-state index contributed by atoms with van der Waals surface area (Å²) in [6.45, 7) is 7.90. The van der Waals surface area contributed by atoms with Crippen LogP contribution in [-0.4, -0.2) is 31.7 Å². The van der Waals surface area contributed by atoms with Gasteiger partial charge in [0.1, 0.15) is 4.21 Å². The Labute approximate surface area is 174 Å². The first-order chi connectivity index (χ1) is 13.9. The lowest BCUT2D eigenvalue weighted by Crippen LogP contribution is -2.22. The minimum Gasteiger partial charge on any atom is -0.420 e. The highest BCUT2D eigenvalue weighted by Gasteiger charge is 2.30. The third-order valence-corrected chi connectivity index (χ3v) is 7.94. The van der Waals surface area contributed by atoms with E-state index in [2.05, 4.69) is 33.7 Å². The molecule has 1 N–H and O–H groups in total. The van der Waals surface area contributed by atoms with Crippen LogP contribution >= 0.6 is 11.3 Å². The second-order valence-corrected chi connectivity index (χ2v) is 10.1. The van der Waals surface area contributed by atoms with Gasteiger partial charge in [0.05, 0.1) is 10.6 Å². The number of hydrogen-bond donors (Lipinski definition) is 1. The van der Waals surface area contributed by atoms with Gasteiger partial charge in [-0.1, -0.05) is 0 Å². The first kappa shape index (κ1) is 19.9. The number of hydrogen-bond acceptors (Lipinski definition) is 7. The Morgan fingerprint density at radius 3 is 2.59 bits per heavy atom. The molecular formula is C20H24N4O3S2. The first-order valence-corrected chi connectivity index (χ1v) is 12.0. The van der Waals surface area contributed by atoms with E-state index in [0.29, 0.717) is 28.3 Å². The molecule has 154 valence electrons. The molecule has 0 unspecified atom stereocenters. The van der Waals surface area contributed by atoms with Gasteiger partial charge in [0, 0.05) is 24.7 Å². The summed E-state index contributed by atoms with van der Waals surface area (Å²) in [7, 11) is -3.70. The van der Waals surface area contributed by atoms with E-state index in [-0.39, 0.29) is 4.21 Å². The molecule has 1 fully saturated rings. The topological polar surface area (TPSA) is 88.3 Å². The van der Waals surface area contributed by atoms with Gasteiger partial charge in [0.25, 0.3) is 15.9 Å². The third-order valence-electron chi connectivity index (χ3n) is 5.01. The lowest BCUT2D eigenvalue weighted by Gasteiger charge is -2.22. The number of aryl methyl sites for hydroxylation is 1. The van der Waals surface area contributed by atoms with Crippen LogP contribution < -0.4 is 9.62 Å². The first-order valence-electron chi connectivity index (χ1n) is 9.73. The Morgan fingerprint density at radius 1 is 1.17 bits per heavy atom. The predicted molar refractivity (Wildman–Crippen MR) is 115 cm³/mol. The minimum atomic E-state index is -3.70. The molecule has 3 aromatic rings. The van der Waals surface area contributed by atoms with Gasteiger partial charge < -0.3 is 9.32 Å². The second kappa shape index (κ2) is 7.79. The van der Waals surface area contributed by atoms with Crippen molar-refractivity contribution in [3.63, 3.8) is 0 Å². The molecule has 29 heavy (non-hydrogen) atoms. The SMILES string of the molecule is CCN(CC)c1ccc(NS(=O)(=O)c2ccc(-c3nnc(C4CC4)o3)s2)c(C)c1. The van der Waals surface area contributed by atoms with Gasteiger partial charge in [-0.2, -0.15) is 0 Å². The zero-order valence-corrected chi connectivity index (χ0v) is 18.3. The second-order valence-electron chi connectivity index (χ2n) is 7.12. The van der Waals surface area contributed by atoms with Crippen molar-refractivity contribution < 1.29 is 12.8 Å². The van der Waals surface area contributed by atoms with Gasteiger partial charge in [-0.05, 0) is 69.5 Å². The molecule has 2 aromatic heterocycles. The maximum atomic E-state index is 12.9. The van der Waals surface area contributed by atoms with Gasteiger partial charge in [0.2, 0.25) is 5.89 Å². The number of nitrogens with one attached hydrogen (secondary N) is 1. The molecule has 0 atom stereocenters. The van der Waals surface area contributed by atoms with Crippen molar-refractivity contribution in [3.8, 4) is 10.8 Å². The van der Waals surface area contributed by atoms with E-state index in [1.807, 2.05) is 25.1 Å². The highest BCUT2D eigenvalue weighted by Crippen LogP contribution is 2.40. The van der Waals surface area contributed by atoms with Gasteiger partial charge in [-0.3, -0.25) is 4.72 Å². The fraction of sp³-hybridized carbons (Fsp3) is 0.400. The van der Waals surface area contributed by atoms with Crippen molar-refractivity contribution in [2.75, 3.05) is 22.7 Å². The van der Waals surface area contributed by atoms with E-state index in [1.54, 1.807) is 12.1 Å². The molecule has 1 aromatic carbocycles. The highest BCUT2D eigenvalue weighted by molar-refractivity contribution is 7.94. The number of rotatable bonds is 8. The molecule has 0 saturated heterocycles. The molecule has 1 aliphatic carbocycles. The van der Waals surface area contributed by atoms with Crippen molar-refractivity contribution in [2.45, 2.75) is 43.7 Å². The van der Waals surface area contributed by atoms with Gasteiger partial charge in [-0.15, -0.1) is 21.5 Å². The summed E-state index contributed by atoms with van der Waals surface area (Å²) in [6, 6.07) is 9.04. The average molecular weight is 433 g/mol. The Bertz CT molecular complexity index is 1110. The zero-order chi connectivity index (χ0) is 20.6. The number of sulfonamides is 1. The Balaban J connectivity index is 1.53. The van der Waals surface area contributed by atoms with Crippen LogP contribution in [0.5, 0.6) is 0 Å². The summed E-state index contributed by atoms with van der Waals surface area (Å²) in [6.07, 6.45) is 2.14. The summed E-state index contributed by atoms with van der Waals surface area (Å²) in [5.74, 6) is 1.38. The number of benzene rings is 1. The predicted octanol–water partition coefficient (Wildman–Crippen LogP) is 4.63. The van der Waals surface area contributed by atoms with E-state index in [9.17, 15) is 8.42 Å². The van der Waals surface area contributed by atoms with Gasteiger partial charge >= 0.3 is 0 Å². The molecule has 2 heterocycles. The summed E-state index contributed by atoms with van der Waals surface area (Å²) < 4.78 is 34.3. The number of aromatic nitrogens is 2. The molecule has 9 heteroatoms. The molecule has 0 aliphatic heterocycles. The van der Waals surface area contributed by atoms with Crippen LogP contribution in [-0.2, 0) is 10.0 Å². The quantitative estimate of drug-likeness (QED) is 0.558. The molecule has 0 spiro atoms. The van der Waals surface area contributed by atoms with E-state index in [4.69, 9.17) is 4.42 Å². The van der Waals surface area contributed by atoms with Crippen molar-refractivity contribution in [3.05, 3.63) is 41.8 Å². The molecule has 1 saturated carbocycles. The average Bonchev–Trinajstić information content (AvgIpc) is 3.21. The molecule has 0 amide bonds. The van der Waals surface area contributed by atoms with Crippen LogP contribution in [0.3, 0.4) is 0 Å². The summed E-state index contributed by atoms with van der Waals surface area (Å²) in [4.78, 5) is 2.87. The molecule has 1 aliphatic rings. The smallest absolute Gasteiger partial charge is 0.271 e. The maximum Gasteiger partial charge on any atom is 0.271 e. The number of thiophene rings is 1. The third kappa shape index (κ3) is 4.16. The monoisotopic (exact) mass is 432 g/mol. The maximum absolute atomic E-state index is 12.9. The Hall–Kier alpha value is -2.39. The van der Waals surface area contributed by atoms with E-state index in [1.165, 1.54) is 0 Å². The number of nitrogens with zero attached hydrogens (tertiary/aromatic N) is 3. The Morgan fingerprint density at radius 2 is 1.93 bits per heavy atom. The summed E-state index contributed by atoms with van der Waals surface area (Å²) >= 11 is 1.12. The lowest BCUT2D eigenvalue weighted by molar-refractivity contribution is 0.509. The van der Waals surface area contributed by atoms with Crippen LogP contribution in [0.2, 0.25) is 0 Å². The van der Waals surface area contributed by atoms with Gasteiger partial charge in [-0.25, -0.2) is 8.42 Å². The van der Waals surface area contributed by atoms with Crippen molar-refractivity contribution in [1.82, 2.24) is 10.2 Å². The van der Waals surface area contributed by atoms with Crippen LogP contribution in [0.15, 0.2) is 39.0 Å².